The minimum absolute atomic E-state index is 0.0315. The van der Waals surface area contributed by atoms with Crippen LogP contribution >= 0.6 is 11.3 Å². The highest BCUT2D eigenvalue weighted by atomic mass is 32.1. The lowest BCUT2D eigenvalue weighted by molar-refractivity contribution is -0.140. The Labute approximate surface area is 220 Å². The Morgan fingerprint density at radius 1 is 1.03 bits per heavy atom. The van der Waals surface area contributed by atoms with Crippen LogP contribution in [-0.2, 0) is 16.1 Å². The van der Waals surface area contributed by atoms with E-state index in [1.54, 1.807) is 36.4 Å². The lowest BCUT2D eigenvalue weighted by Crippen LogP contribution is -2.28. The zero-order valence-electron chi connectivity index (χ0n) is 21.6. The molecule has 2 heterocycles. The molecule has 1 fully saturated rings. The second-order valence-electron chi connectivity index (χ2n) is 9.31. The third kappa shape index (κ3) is 5.34. The van der Waals surface area contributed by atoms with Gasteiger partial charge in [0.15, 0.2) is 11.5 Å². The highest BCUT2D eigenvalue weighted by Crippen LogP contribution is 2.43. The van der Waals surface area contributed by atoms with Crippen LogP contribution in [-0.4, -0.2) is 42.5 Å². The molecule has 0 bridgehead atoms. The average Bonchev–Trinajstić information content (AvgIpc) is 3.49. The van der Waals surface area contributed by atoms with Crippen molar-refractivity contribution in [2.75, 3.05) is 20.8 Å². The number of ether oxygens (including phenoxy) is 3. The molecule has 37 heavy (non-hydrogen) atoms. The molecule has 0 saturated carbocycles. The number of nitrogens with zero attached hydrogens (tertiary/aromatic N) is 1. The molecule has 1 aromatic heterocycles. The van der Waals surface area contributed by atoms with E-state index in [-0.39, 0.29) is 17.9 Å². The van der Waals surface area contributed by atoms with Gasteiger partial charge in [0.25, 0.3) is 11.7 Å². The zero-order chi connectivity index (χ0) is 26.7. The number of methoxy groups -OCH3 is 2. The van der Waals surface area contributed by atoms with Gasteiger partial charge in [0.05, 0.1) is 39.0 Å². The van der Waals surface area contributed by atoms with Crippen LogP contribution in [0.1, 0.15) is 41.5 Å². The summed E-state index contributed by atoms with van der Waals surface area (Å²) < 4.78 is 16.7. The quantitative estimate of drug-likeness (QED) is 0.220. The molecule has 4 rings (SSSR count). The van der Waals surface area contributed by atoms with E-state index in [0.29, 0.717) is 40.9 Å². The van der Waals surface area contributed by atoms with Crippen molar-refractivity contribution >= 4 is 28.8 Å². The molecule has 7 nitrogen and oxygen atoms in total. The number of ketones is 1. The van der Waals surface area contributed by atoms with E-state index in [9.17, 15) is 14.7 Å². The fraction of sp³-hybridized carbons (Fsp3) is 0.310. The number of Topliss-reactive ketones (excluding diaryl/α,β-unsaturated/α-hetero) is 1. The average molecular weight is 522 g/mol. The monoisotopic (exact) mass is 521 g/mol. The van der Waals surface area contributed by atoms with Gasteiger partial charge in [-0.1, -0.05) is 26.0 Å². The summed E-state index contributed by atoms with van der Waals surface area (Å²) in [5, 5.41) is 13.4. The molecule has 0 spiro atoms. The SMILES string of the molecule is COc1ccc(C2/C(=C(/O)c3ccc(OCC(C)C)c(C)c3)C(=O)C(=O)N2Cc2cccs2)cc1OC. The van der Waals surface area contributed by atoms with Gasteiger partial charge < -0.3 is 24.2 Å². The maximum atomic E-state index is 13.4. The maximum absolute atomic E-state index is 13.4. The first-order valence-electron chi connectivity index (χ1n) is 12.0. The van der Waals surface area contributed by atoms with Crippen LogP contribution in [0.4, 0.5) is 0 Å². The maximum Gasteiger partial charge on any atom is 0.295 e. The number of aliphatic hydroxyl groups is 1. The smallest absolute Gasteiger partial charge is 0.295 e. The van der Waals surface area contributed by atoms with E-state index in [4.69, 9.17) is 14.2 Å². The largest absolute Gasteiger partial charge is 0.507 e. The second kappa shape index (κ2) is 11.1. The predicted molar refractivity (Wildman–Crippen MR) is 143 cm³/mol. The molecule has 1 amide bonds. The lowest BCUT2D eigenvalue weighted by Gasteiger charge is -2.25. The number of hydrogen-bond donors (Lipinski definition) is 1. The van der Waals surface area contributed by atoms with Gasteiger partial charge in [-0.3, -0.25) is 9.59 Å². The van der Waals surface area contributed by atoms with Gasteiger partial charge in [-0.25, -0.2) is 0 Å². The van der Waals surface area contributed by atoms with Crippen LogP contribution < -0.4 is 14.2 Å². The Kier molecular flexibility index (Phi) is 7.88. The first-order valence-corrected chi connectivity index (χ1v) is 12.9. The van der Waals surface area contributed by atoms with Crippen molar-refractivity contribution < 1.29 is 28.9 Å². The summed E-state index contributed by atoms with van der Waals surface area (Å²) in [7, 11) is 3.06. The first kappa shape index (κ1) is 26.3. The molecule has 1 atom stereocenters. The summed E-state index contributed by atoms with van der Waals surface area (Å²) in [5.41, 5.74) is 1.92. The first-order chi connectivity index (χ1) is 17.7. The van der Waals surface area contributed by atoms with Gasteiger partial charge in [0, 0.05) is 10.4 Å². The van der Waals surface area contributed by atoms with Gasteiger partial charge in [-0.05, 0) is 65.7 Å². The summed E-state index contributed by atoms with van der Waals surface area (Å²) in [6.07, 6.45) is 0. The van der Waals surface area contributed by atoms with Crippen molar-refractivity contribution in [2.45, 2.75) is 33.4 Å². The molecular weight excluding hydrogens is 490 g/mol. The van der Waals surface area contributed by atoms with E-state index < -0.39 is 17.7 Å². The topological polar surface area (TPSA) is 85.3 Å². The van der Waals surface area contributed by atoms with Crippen LogP contribution in [0.2, 0.25) is 0 Å². The predicted octanol–water partition coefficient (Wildman–Crippen LogP) is 5.73. The standard InChI is InChI=1S/C29H31NO6S/c1-17(2)16-36-22-10-9-20(13-18(22)3)27(31)25-26(19-8-11-23(34-4)24(14-19)35-5)30(29(33)28(25)32)15-21-7-6-12-37-21/h6-14,17,26,31H,15-16H2,1-5H3/b27-25-. The van der Waals surface area contributed by atoms with Gasteiger partial charge in [-0.15, -0.1) is 11.3 Å². The van der Waals surface area contributed by atoms with Crippen LogP contribution in [0.3, 0.4) is 0 Å². The molecule has 0 aliphatic carbocycles. The normalized spacial score (nSPS) is 16.9. The number of aryl methyl sites for hydroxylation is 1. The molecule has 0 radical (unpaired) electrons. The van der Waals surface area contributed by atoms with Gasteiger partial charge >= 0.3 is 0 Å². The number of aliphatic hydroxyl groups excluding tert-OH is 1. The van der Waals surface area contributed by atoms with Gasteiger partial charge in [-0.2, -0.15) is 0 Å². The van der Waals surface area contributed by atoms with E-state index >= 15 is 0 Å². The number of carbonyl (C=O) groups is 2. The van der Waals surface area contributed by atoms with Crippen molar-refractivity contribution in [1.29, 1.82) is 0 Å². The molecule has 2 aromatic carbocycles. The Morgan fingerprint density at radius 2 is 1.76 bits per heavy atom. The fourth-order valence-corrected chi connectivity index (χ4v) is 5.06. The van der Waals surface area contributed by atoms with Crippen molar-refractivity contribution in [3.63, 3.8) is 0 Å². The highest BCUT2D eigenvalue weighted by Gasteiger charge is 2.46. The number of hydrogen-bond acceptors (Lipinski definition) is 7. The van der Waals surface area contributed by atoms with Crippen molar-refractivity contribution in [2.24, 2.45) is 5.92 Å². The fourth-order valence-electron chi connectivity index (χ4n) is 4.35. The van der Waals surface area contributed by atoms with Crippen molar-refractivity contribution in [3.05, 3.63) is 81.1 Å². The summed E-state index contributed by atoms with van der Waals surface area (Å²) in [5.74, 6) is 0.437. The molecule has 8 heteroatoms. The lowest BCUT2D eigenvalue weighted by atomic mass is 9.94. The number of thiophene rings is 1. The minimum atomic E-state index is -0.806. The number of likely N-dealkylation sites (tertiary alicyclic amines) is 1. The summed E-state index contributed by atoms with van der Waals surface area (Å²) in [6, 6.07) is 13.5. The Bertz CT molecular complexity index is 1330. The number of carbonyl (C=O) groups excluding carboxylic acids is 2. The molecule has 1 aliphatic rings. The van der Waals surface area contributed by atoms with Gasteiger partial charge in [0.1, 0.15) is 11.5 Å². The minimum Gasteiger partial charge on any atom is -0.507 e. The Balaban J connectivity index is 1.83. The van der Waals surface area contributed by atoms with Crippen molar-refractivity contribution in [1.82, 2.24) is 4.90 Å². The van der Waals surface area contributed by atoms with Crippen LogP contribution in [0, 0.1) is 12.8 Å². The Morgan fingerprint density at radius 3 is 2.38 bits per heavy atom. The van der Waals surface area contributed by atoms with Crippen LogP contribution in [0.5, 0.6) is 17.2 Å². The van der Waals surface area contributed by atoms with Crippen molar-refractivity contribution in [3.8, 4) is 17.2 Å². The van der Waals surface area contributed by atoms with Gasteiger partial charge in [0.2, 0.25) is 0 Å². The third-order valence-corrected chi connectivity index (χ3v) is 7.05. The molecular formula is C29H31NO6S. The van der Waals surface area contributed by atoms with Crippen LogP contribution in [0.15, 0.2) is 59.5 Å². The molecule has 1 N–H and O–H groups in total. The molecule has 1 saturated heterocycles. The molecule has 3 aromatic rings. The van der Waals surface area contributed by atoms with E-state index in [1.165, 1.54) is 30.5 Å². The van der Waals surface area contributed by atoms with E-state index in [2.05, 4.69) is 13.8 Å². The Hall–Kier alpha value is -3.78. The zero-order valence-corrected chi connectivity index (χ0v) is 22.4. The second-order valence-corrected chi connectivity index (χ2v) is 10.3. The summed E-state index contributed by atoms with van der Waals surface area (Å²) in [6.45, 7) is 6.82. The number of benzene rings is 2. The molecule has 1 aliphatic heterocycles. The van der Waals surface area contributed by atoms with E-state index in [0.717, 1.165) is 10.4 Å². The van der Waals surface area contributed by atoms with Crippen LogP contribution in [0.25, 0.3) is 5.76 Å². The number of rotatable bonds is 9. The number of amides is 1. The third-order valence-electron chi connectivity index (χ3n) is 6.19. The van der Waals surface area contributed by atoms with E-state index in [1.807, 2.05) is 24.4 Å². The molecule has 194 valence electrons. The summed E-state index contributed by atoms with van der Waals surface area (Å²) >= 11 is 1.50. The highest BCUT2D eigenvalue weighted by molar-refractivity contribution is 7.09. The summed E-state index contributed by atoms with van der Waals surface area (Å²) in [4.78, 5) is 29.1. The molecule has 1 unspecified atom stereocenters.